The second-order valence-electron chi connectivity index (χ2n) is 17.8. The molecule has 5 rings (SSSR count). The van der Waals surface area contributed by atoms with E-state index in [1.165, 1.54) is 21.1 Å². The van der Waals surface area contributed by atoms with Crippen LogP contribution < -0.4 is 0 Å². The van der Waals surface area contributed by atoms with E-state index in [-0.39, 0.29) is 36.1 Å². The molecule has 0 unspecified atom stereocenters. The molecule has 0 aliphatic carbocycles. The first kappa shape index (κ1) is 48.6. The van der Waals surface area contributed by atoms with Gasteiger partial charge in [-0.25, -0.2) is 4.98 Å². The normalized spacial score (nSPS) is 37.0. The number of nitrogens with zero attached hydrogens (tertiary/aromatic N) is 5. The lowest BCUT2D eigenvalue weighted by Crippen LogP contribution is -2.69. The summed E-state index contributed by atoms with van der Waals surface area (Å²) >= 11 is 1.98. The van der Waals surface area contributed by atoms with E-state index in [1.807, 2.05) is 66.4 Å². The average Bonchev–Trinajstić information content (AvgIpc) is 3.20. The quantitative estimate of drug-likeness (QED) is 0.103. The predicted octanol–water partition coefficient (Wildman–Crippen LogP) is 3.46. The summed E-state index contributed by atoms with van der Waals surface area (Å²) < 4.78 is 30.3. The number of esters is 1. The number of hydrogen-bond acceptors (Lipinski definition) is 16. The van der Waals surface area contributed by atoms with Crippen molar-refractivity contribution in [2.24, 2.45) is 23.7 Å². The molecule has 0 bridgehead atoms. The molecule has 2 aromatic heterocycles. The highest BCUT2D eigenvalue weighted by molar-refractivity contribution is 14.1. The second kappa shape index (κ2) is 19.5. The Hall–Kier alpha value is -2.46. The van der Waals surface area contributed by atoms with Gasteiger partial charge in [0.25, 0.3) is 0 Å². The molecule has 0 saturated carbocycles. The summed E-state index contributed by atoms with van der Waals surface area (Å²) in [5.74, 6) is -4.98. The van der Waals surface area contributed by atoms with Gasteiger partial charge in [-0.15, -0.1) is 0 Å². The summed E-state index contributed by atoms with van der Waals surface area (Å²) in [6.45, 7) is 14.8. The number of likely N-dealkylation sites (tertiary alicyclic amines) is 1. The van der Waals surface area contributed by atoms with Crippen LogP contribution in [-0.2, 0) is 44.6 Å². The Morgan fingerprint density at radius 3 is 2.30 bits per heavy atom. The maximum Gasteiger partial charge on any atom is 0.317 e. The van der Waals surface area contributed by atoms with Crippen LogP contribution in [0.4, 0.5) is 0 Å². The highest BCUT2D eigenvalue weighted by atomic mass is 127. The Balaban J connectivity index is 1.49. The van der Waals surface area contributed by atoms with Gasteiger partial charge >= 0.3 is 5.97 Å². The number of Topliss-reactive ketones (excluding diaryl/α,β-unsaturated/α-hetero) is 2. The minimum atomic E-state index is -1.36. The molecule has 0 aromatic carbocycles. The fourth-order valence-corrected chi connectivity index (χ4v) is 10.5. The number of carbonyl (C=O) groups is 3. The monoisotopic (exact) mass is 955 g/mol. The van der Waals surface area contributed by atoms with E-state index >= 15 is 0 Å². The topological polar surface area (TPSA) is 194 Å². The van der Waals surface area contributed by atoms with Crippen molar-refractivity contribution in [3.8, 4) is 5.75 Å². The van der Waals surface area contributed by atoms with Crippen molar-refractivity contribution in [2.45, 2.75) is 133 Å². The number of ether oxygens (including phenoxy) is 5. The molecule has 0 amide bonds. The molecule has 3 N–H and O–H groups in total. The minimum absolute atomic E-state index is 0.0806. The SMILES string of the molecule is CO[C@@]1(C)[C@@H](N(CO)C2CN(Cc3c(O)c(C)nc4cccnc34)C2)[C@@H](C)C(=O)[C@H](C)C[C@@](C)(OC)[C@H](O[C@@H]2O[C@H](C)C[C@H](N(C)C)[C@H]2O)[C@@H](C)C(=O)[C@@H](C)C(=O)O[C@@H]1I. The van der Waals surface area contributed by atoms with Crippen LogP contribution in [0.1, 0.15) is 72.6 Å². The van der Waals surface area contributed by atoms with Crippen LogP contribution in [0.5, 0.6) is 5.75 Å². The zero-order valence-electron chi connectivity index (χ0n) is 37.1. The number of fused-ring (bicyclic) bond motifs is 1. The van der Waals surface area contributed by atoms with Gasteiger partial charge in [0.05, 0.1) is 47.3 Å². The number of aliphatic hydroxyl groups is 2. The number of aliphatic hydroxyl groups excluding tert-OH is 2. The number of cyclic esters (lactones) is 1. The Kier molecular flexibility index (Phi) is 15.8. The van der Waals surface area contributed by atoms with E-state index < -0.39 is 82.0 Å². The fourth-order valence-electron chi connectivity index (χ4n) is 9.63. The van der Waals surface area contributed by atoms with Gasteiger partial charge in [-0.1, -0.05) is 20.8 Å². The third-order valence-electron chi connectivity index (χ3n) is 13.4. The maximum absolute atomic E-state index is 14.9. The van der Waals surface area contributed by atoms with Gasteiger partial charge in [0.2, 0.25) is 0 Å². The van der Waals surface area contributed by atoms with Crippen LogP contribution in [0.3, 0.4) is 0 Å². The van der Waals surface area contributed by atoms with Crippen molar-refractivity contribution in [3.63, 3.8) is 0 Å². The van der Waals surface area contributed by atoms with Gasteiger partial charge in [0.15, 0.2) is 16.2 Å². The van der Waals surface area contributed by atoms with E-state index in [2.05, 4.69) is 14.9 Å². The number of alkyl halides is 1. The third-order valence-corrected chi connectivity index (χ3v) is 14.9. The van der Waals surface area contributed by atoms with Crippen LogP contribution in [-0.4, -0.2) is 164 Å². The van der Waals surface area contributed by atoms with Crippen LogP contribution in [0.2, 0.25) is 0 Å². The van der Waals surface area contributed by atoms with E-state index in [1.54, 1.807) is 46.9 Å². The molecule has 3 aliphatic heterocycles. The van der Waals surface area contributed by atoms with Crippen molar-refractivity contribution in [3.05, 3.63) is 29.6 Å². The lowest BCUT2D eigenvalue weighted by molar-refractivity contribution is -0.295. The molecular weight excluding hydrogens is 889 g/mol. The number of hydrogen-bond donors (Lipinski definition) is 3. The van der Waals surface area contributed by atoms with Crippen LogP contribution >= 0.6 is 22.6 Å². The van der Waals surface area contributed by atoms with E-state index in [0.717, 1.165) is 0 Å². The molecule has 16 nitrogen and oxygen atoms in total. The summed E-state index contributed by atoms with van der Waals surface area (Å²) in [4.78, 5) is 58.1. The number of aromatic hydroxyl groups is 1. The number of pyridine rings is 2. The number of carbonyl (C=O) groups excluding carboxylic acids is 3. The number of methoxy groups -OCH3 is 2. The number of ketones is 2. The Labute approximate surface area is 367 Å². The van der Waals surface area contributed by atoms with Crippen molar-refractivity contribution in [1.82, 2.24) is 24.7 Å². The summed E-state index contributed by atoms with van der Waals surface area (Å²) in [7, 11) is 6.71. The molecule has 0 radical (unpaired) electrons. The van der Waals surface area contributed by atoms with Gasteiger partial charge in [-0.3, -0.25) is 29.2 Å². The smallest absolute Gasteiger partial charge is 0.317 e. The summed E-state index contributed by atoms with van der Waals surface area (Å²) in [6.07, 6.45) is -1.19. The van der Waals surface area contributed by atoms with Gasteiger partial charge in [0, 0.05) is 75.5 Å². The molecule has 336 valence electrons. The predicted molar refractivity (Wildman–Crippen MR) is 231 cm³/mol. The van der Waals surface area contributed by atoms with Gasteiger partial charge in [0.1, 0.15) is 29.2 Å². The van der Waals surface area contributed by atoms with Crippen LogP contribution in [0, 0.1) is 30.6 Å². The molecule has 5 heterocycles. The van der Waals surface area contributed by atoms with Gasteiger partial charge in [-0.05, 0) is 96.3 Å². The molecule has 0 spiro atoms. The molecule has 3 aliphatic rings. The zero-order chi connectivity index (χ0) is 44.6. The Morgan fingerprint density at radius 2 is 1.70 bits per heavy atom. The maximum atomic E-state index is 14.9. The van der Waals surface area contributed by atoms with Crippen molar-refractivity contribution in [1.29, 1.82) is 0 Å². The second-order valence-corrected chi connectivity index (χ2v) is 19.0. The summed E-state index contributed by atoms with van der Waals surface area (Å²) in [5.41, 5.74) is -0.214. The number of rotatable bonds is 10. The third kappa shape index (κ3) is 9.55. The largest absolute Gasteiger partial charge is 0.506 e. The molecule has 3 fully saturated rings. The molecular formula is C43H66IN5O11. The van der Waals surface area contributed by atoms with Crippen molar-refractivity contribution >= 4 is 51.2 Å². The summed E-state index contributed by atoms with van der Waals surface area (Å²) in [5, 5.41) is 33.7. The highest BCUT2D eigenvalue weighted by Crippen LogP contribution is 2.42. The average molecular weight is 956 g/mol. The van der Waals surface area contributed by atoms with E-state index in [9.17, 15) is 29.7 Å². The van der Waals surface area contributed by atoms with E-state index in [4.69, 9.17) is 23.7 Å². The lowest BCUT2D eigenvalue weighted by Gasteiger charge is -2.54. The first-order valence-corrected chi connectivity index (χ1v) is 22.1. The number of aryl methyl sites for hydroxylation is 1. The van der Waals surface area contributed by atoms with E-state index in [0.29, 0.717) is 48.3 Å². The molecule has 17 heteroatoms. The first-order chi connectivity index (χ1) is 28.1. The number of aromatic nitrogens is 2. The Morgan fingerprint density at radius 1 is 1.03 bits per heavy atom. The molecule has 60 heavy (non-hydrogen) atoms. The zero-order valence-corrected chi connectivity index (χ0v) is 39.3. The van der Waals surface area contributed by atoms with Crippen LogP contribution in [0.25, 0.3) is 11.0 Å². The van der Waals surface area contributed by atoms with Crippen molar-refractivity contribution < 1.29 is 53.4 Å². The minimum Gasteiger partial charge on any atom is -0.506 e. The van der Waals surface area contributed by atoms with Gasteiger partial charge < -0.3 is 43.9 Å². The molecule has 13 atom stereocenters. The standard InChI is InChI=1S/C43H66IN5O11/c1-22-17-42(7,56-11)38(59-40-36(54)31(47(9)10)16-23(2)58-40)25(4)34(52)26(5)39(55)60-41(44)43(8,57-12)37(24(3)33(22)51)49(21-50)28-18-48(19-28)20-29-32-30(14-13-15-45-32)46-27(6)35(29)53/h13-15,22-26,28,31,36-38,40-41,50,53-54H,16-21H2,1-12H3/t22-,23-,24+,25+,26-,31+,36-,37+,38-,40+,41+,42-,43+/m1/s1. The first-order valence-electron chi connectivity index (χ1n) is 20.8. The molecule has 2 aromatic rings. The highest BCUT2D eigenvalue weighted by Gasteiger charge is 2.55. The molecule has 3 saturated heterocycles. The fraction of sp³-hybridized carbons (Fsp3) is 0.744. The Bertz CT molecular complexity index is 1850. The lowest BCUT2D eigenvalue weighted by atomic mass is 9.74. The summed E-state index contributed by atoms with van der Waals surface area (Å²) in [6, 6.07) is 2.27. The van der Waals surface area contributed by atoms with Gasteiger partial charge in [-0.2, -0.15) is 0 Å². The van der Waals surface area contributed by atoms with Crippen LogP contribution in [0.15, 0.2) is 18.3 Å². The van der Waals surface area contributed by atoms with Crippen molar-refractivity contribution in [2.75, 3.05) is 48.1 Å². The number of likely N-dealkylation sites (N-methyl/N-ethyl adjacent to an activating group) is 1. The number of halogens is 1.